The normalized spacial score (nSPS) is 12.2. The van der Waals surface area contributed by atoms with E-state index in [4.69, 9.17) is 11.6 Å². The van der Waals surface area contributed by atoms with Crippen LogP contribution in [0.25, 0.3) is 0 Å². The van der Waals surface area contributed by atoms with E-state index in [-0.39, 0.29) is 16.6 Å². The molecule has 116 valence electrons. The van der Waals surface area contributed by atoms with Gasteiger partial charge >= 0.3 is 0 Å². The van der Waals surface area contributed by atoms with E-state index in [1.807, 2.05) is 49.3 Å². The number of carbonyl (C=O) groups is 1. The fraction of sp³-hybridized carbons (Fsp3) is 0.235. The van der Waals surface area contributed by atoms with Gasteiger partial charge in [-0.15, -0.1) is 0 Å². The molecule has 0 aliphatic carbocycles. The second-order valence-corrected chi connectivity index (χ2v) is 5.60. The molecule has 3 nitrogen and oxygen atoms in total. The van der Waals surface area contributed by atoms with Crippen LogP contribution in [-0.4, -0.2) is 31.4 Å². The summed E-state index contributed by atoms with van der Waals surface area (Å²) in [6.45, 7) is 0.362. The zero-order valence-corrected chi connectivity index (χ0v) is 13.3. The lowest BCUT2D eigenvalue weighted by atomic mass is 10.1. The summed E-state index contributed by atoms with van der Waals surface area (Å²) in [6, 6.07) is 14.0. The van der Waals surface area contributed by atoms with Crippen molar-refractivity contribution in [2.45, 2.75) is 6.04 Å². The maximum Gasteiger partial charge on any atom is 0.255 e. The van der Waals surface area contributed by atoms with E-state index in [0.29, 0.717) is 6.54 Å². The molecule has 0 aliphatic rings. The smallest absolute Gasteiger partial charge is 0.255 e. The Labute approximate surface area is 134 Å². The molecule has 0 saturated carbocycles. The quantitative estimate of drug-likeness (QED) is 0.914. The fourth-order valence-electron chi connectivity index (χ4n) is 2.27. The minimum absolute atomic E-state index is 0.00398. The Hall–Kier alpha value is -1.91. The molecule has 0 aliphatic heterocycles. The van der Waals surface area contributed by atoms with E-state index in [0.717, 1.165) is 5.56 Å². The van der Waals surface area contributed by atoms with E-state index in [2.05, 4.69) is 5.32 Å². The highest BCUT2D eigenvalue weighted by Crippen LogP contribution is 2.20. The number of carbonyl (C=O) groups excluding carboxylic acids is 1. The fourth-order valence-corrected chi connectivity index (χ4v) is 2.52. The first-order valence-corrected chi connectivity index (χ1v) is 7.32. The van der Waals surface area contributed by atoms with E-state index in [1.165, 1.54) is 18.2 Å². The topological polar surface area (TPSA) is 32.3 Å². The number of amides is 1. The average molecular weight is 321 g/mol. The predicted octanol–water partition coefficient (Wildman–Crippen LogP) is 3.51. The van der Waals surface area contributed by atoms with Crippen molar-refractivity contribution < 1.29 is 9.18 Å². The molecule has 0 heterocycles. The summed E-state index contributed by atoms with van der Waals surface area (Å²) in [5.41, 5.74) is 0.960. The second-order valence-electron chi connectivity index (χ2n) is 5.20. The molecule has 1 N–H and O–H groups in total. The number of halogens is 2. The van der Waals surface area contributed by atoms with Crippen LogP contribution in [0.5, 0.6) is 0 Å². The van der Waals surface area contributed by atoms with Crippen LogP contribution in [0.2, 0.25) is 5.02 Å². The molecule has 0 radical (unpaired) electrons. The summed E-state index contributed by atoms with van der Waals surface area (Å²) in [6.07, 6.45) is 0. The summed E-state index contributed by atoms with van der Waals surface area (Å²) in [5.74, 6) is -1.13. The van der Waals surface area contributed by atoms with Gasteiger partial charge in [0.1, 0.15) is 5.82 Å². The van der Waals surface area contributed by atoms with Crippen LogP contribution < -0.4 is 5.32 Å². The molecule has 1 atom stereocenters. The van der Waals surface area contributed by atoms with Crippen LogP contribution in [0.15, 0.2) is 48.5 Å². The van der Waals surface area contributed by atoms with Gasteiger partial charge in [0.2, 0.25) is 0 Å². The summed E-state index contributed by atoms with van der Waals surface area (Å²) in [5, 5.41) is 2.87. The third kappa shape index (κ3) is 3.84. The van der Waals surface area contributed by atoms with Crippen LogP contribution in [-0.2, 0) is 0 Å². The molecule has 0 fully saturated rings. The van der Waals surface area contributed by atoms with Gasteiger partial charge in [0.25, 0.3) is 5.91 Å². The van der Waals surface area contributed by atoms with Gasteiger partial charge < -0.3 is 10.2 Å². The van der Waals surface area contributed by atoms with Crippen LogP contribution in [0.3, 0.4) is 0 Å². The number of hydrogen-bond acceptors (Lipinski definition) is 2. The van der Waals surface area contributed by atoms with Gasteiger partial charge in [0.15, 0.2) is 0 Å². The molecule has 5 heteroatoms. The first kappa shape index (κ1) is 16.5. The van der Waals surface area contributed by atoms with Crippen LogP contribution in [0.4, 0.5) is 4.39 Å². The van der Waals surface area contributed by atoms with Crippen molar-refractivity contribution in [3.05, 3.63) is 70.5 Å². The lowest BCUT2D eigenvalue weighted by Gasteiger charge is -2.25. The Morgan fingerprint density at radius 3 is 2.45 bits per heavy atom. The Morgan fingerprint density at radius 2 is 1.86 bits per heavy atom. The van der Waals surface area contributed by atoms with Crippen LogP contribution in [0, 0.1) is 5.82 Å². The number of nitrogens with zero attached hydrogens (tertiary/aromatic N) is 1. The van der Waals surface area contributed by atoms with Crippen molar-refractivity contribution in [2.24, 2.45) is 0 Å². The van der Waals surface area contributed by atoms with Crippen molar-refractivity contribution in [3.63, 3.8) is 0 Å². The molecule has 0 unspecified atom stereocenters. The molecule has 0 saturated heterocycles. The first-order valence-electron chi connectivity index (χ1n) is 6.94. The Bertz CT molecular complexity index is 626. The molecular formula is C17H18ClFN2O. The van der Waals surface area contributed by atoms with Gasteiger partial charge in [-0.1, -0.05) is 48.0 Å². The van der Waals surface area contributed by atoms with E-state index < -0.39 is 11.7 Å². The number of rotatable bonds is 5. The Kier molecular flexibility index (Phi) is 5.52. The maximum absolute atomic E-state index is 13.8. The lowest BCUT2D eigenvalue weighted by molar-refractivity contribution is 0.0938. The zero-order valence-electron chi connectivity index (χ0n) is 12.5. The van der Waals surface area contributed by atoms with Gasteiger partial charge in [-0.3, -0.25) is 4.79 Å². The van der Waals surface area contributed by atoms with Crippen molar-refractivity contribution in [3.8, 4) is 0 Å². The van der Waals surface area contributed by atoms with Gasteiger partial charge in [0.05, 0.1) is 16.6 Å². The first-order chi connectivity index (χ1) is 10.5. The summed E-state index contributed by atoms with van der Waals surface area (Å²) >= 11 is 5.91. The van der Waals surface area contributed by atoms with Gasteiger partial charge in [0, 0.05) is 6.54 Å². The molecule has 2 aromatic carbocycles. The molecule has 0 bridgehead atoms. The molecule has 0 aromatic heterocycles. The number of benzene rings is 2. The SMILES string of the molecule is CN(C)[C@H](CNC(=O)c1c(F)cccc1Cl)c1ccccc1. The predicted molar refractivity (Wildman–Crippen MR) is 86.6 cm³/mol. The highest BCUT2D eigenvalue weighted by atomic mass is 35.5. The lowest BCUT2D eigenvalue weighted by Crippen LogP contribution is -2.35. The Morgan fingerprint density at radius 1 is 1.18 bits per heavy atom. The van der Waals surface area contributed by atoms with Gasteiger partial charge in [-0.25, -0.2) is 4.39 Å². The van der Waals surface area contributed by atoms with Crippen molar-refractivity contribution in [1.82, 2.24) is 10.2 Å². The third-order valence-electron chi connectivity index (χ3n) is 3.45. The second kappa shape index (κ2) is 7.38. The average Bonchev–Trinajstić information content (AvgIpc) is 2.48. The molecule has 2 rings (SSSR count). The monoisotopic (exact) mass is 320 g/mol. The minimum atomic E-state index is -0.619. The largest absolute Gasteiger partial charge is 0.350 e. The third-order valence-corrected chi connectivity index (χ3v) is 3.77. The van der Waals surface area contributed by atoms with E-state index in [1.54, 1.807) is 0 Å². The molecule has 0 spiro atoms. The molecule has 2 aromatic rings. The van der Waals surface area contributed by atoms with Crippen LogP contribution in [0.1, 0.15) is 22.0 Å². The number of hydrogen-bond donors (Lipinski definition) is 1. The van der Waals surface area contributed by atoms with Crippen molar-refractivity contribution in [1.29, 1.82) is 0 Å². The van der Waals surface area contributed by atoms with E-state index >= 15 is 0 Å². The van der Waals surface area contributed by atoms with Crippen molar-refractivity contribution in [2.75, 3.05) is 20.6 Å². The Balaban J connectivity index is 2.12. The standard InChI is InChI=1S/C17H18ClFN2O/c1-21(2)15(12-7-4-3-5-8-12)11-20-17(22)16-13(18)9-6-10-14(16)19/h3-10,15H,11H2,1-2H3,(H,20,22)/t15-/m1/s1. The van der Waals surface area contributed by atoms with Crippen molar-refractivity contribution >= 4 is 17.5 Å². The van der Waals surface area contributed by atoms with E-state index in [9.17, 15) is 9.18 Å². The molecular weight excluding hydrogens is 303 g/mol. The van der Waals surface area contributed by atoms with Gasteiger partial charge in [-0.2, -0.15) is 0 Å². The molecule has 1 amide bonds. The minimum Gasteiger partial charge on any atom is -0.350 e. The summed E-state index contributed by atoms with van der Waals surface area (Å²) in [7, 11) is 3.86. The molecule has 22 heavy (non-hydrogen) atoms. The highest BCUT2D eigenvalue weighted by molar-refractivity contribution is 6.33. The highest BCUT2D eigenvalue weighted by Gasteiger charge is 2.19. The van der Waals surface area contributed by atoms with Crippen LogP contribution >= 0.6 is 11.6 Å². The van der Waals surface area contributed by atoms with Gasteiger partial charge in [-0.05, 0) is 31.8 Å². The summed E-state index contributed by atoms with van der Waals surface area (Å²) < 4.78 is 13.8. The summed E-state index contributed by atoms with van der Waals surface area (Å²) in [4.78, 5) is 14.2. The number of likely N-dealkylation sites (N-methyl/N-ethyl adjacent to an activating group) is 1. The zero-order chi connectivity index (χ0) is 16.1. The maximum atomic E-state index is 13.8. The number of nitrogens with one attached hydrogen (secondary N) is 1.